The summed E-state index contributed by atoms with van der Waals surface area (Å²) in [7, 11) is 1.38. The van der Waals surface area contributed by atoms with Crippen LogP contribution in [0.4, 0.5) is 23.7 Å². The Morgan fingerprint density at radius 3 is 2.37 bits per heavy atom. The molecule has 38 heavy (non-hydrogen) atoms. The van der Waals surface area contributed by atoms with E-state index in [0.29, 0.717) is 0 Å². The number of hydrogen-bond donors (Lipinski definition) is 1. The molecule has 2 aromatic heterocycles. The first-order valence-corrected chi connectivity index (χ1v) is 12.4. The normalized spacial score (nSPS) is 19.7. The maximum Gasteiger partial charge on any atom is 0.418 e. The first kappa shape index (κ1) is 27.1. The number of pyridine rings is 1. The van der Waals surface area contributed by atoms with Crippen LogP contribution >= 0.6 is 11.3 Å². The van der Waals surface area contributed by atoms with Crippen molar-refractivity contribution >= 4 is 39.2 Å². The number of nitro groups is 1. The molecule has 3 aromatic rings. The number of alkyl halides is 3. The summed E-state index contributed by atoms with van der Waals surface area (Å²) in [5.74, 6) is -0.686. The average Bonchev–Trinajstić information content (AvgIpc) is 3.26. The van der Waals surface area contributed by atoms with E-state index in [4.69, 9.17) is 9.47 Å². The van der Waals surface area contributed by atoms with Crippen LogP contribution in [-0.2, 0) is 6.18 Å². The minimum absolute atomic E-state index is 0.0222. The van der Waals surface area contributed by atoms with Crippen LogP contribution in [0.5, 0.6) is 11.6 Å². The van der Waals surface area contributed by atoms with Gasteiger partial charge in [-0.15, -0.1) is 11.3 Å². The van der Waals surface area contributed by atoms with Crippen molar-refractivity contribution < 1.29 is 37.2 Å². The second-order valence-electron chi connectivity index (χ2n) is 8.85. The molecule has 4 rings (SSSR count). The summed E-state index contributed by atoms with van der Waals surface area (Å²) in [5, 5.41) is 14.5. The number of piperidine rings is 1. The number of benzene rings is 1. The molecule has 2 unspecified atom stereocenters. The lowest BCUT2D eigenvalue weighted by molar-refractivity contribution is -0.384. The zero-order valence-electron chi connectivity index (χ0n) is 20.4. The molecule has 0 saturated carbocycles. The van der Waals surface area contributed by atoms with Gasteiger partial charge in [0, 0.05) is 55.6 Å². The third-order valence-electron chi connectivity index (χ3n) is 6.19. The molecule has 3 heterocycles. The van der Waals surface area contributed by atoms with E-state index < -0.39 is 46.9 Å². The van der Waals surface area contributed by atoms with Crippen LogP contribution in [-0.4, -0.2) is 52.0 Å². The second kappa shape index (κ2) is 10.4. The number of halogens is 3. The number of nitrogens with zero attached hydrogens (tertiary/aromatic N) is 3. The molecule has 202 valence electrons. The Hall–Kier alpha value is -3.94. The molecule has 2 amide bonds. The van der Waals surface area contributed by atoms with Gasteiger partial charge in [-0.3, -0.25) is 14.9 Å². The number of amides is 2. The minimum atomic E-state index is -4.68. The molecule has 0 bridgehead atoms. The Balaban J connectivity index is 1.51. The molecule has 0 spiro atoms. The molecule has 0 aliphatic carbocycles. The Morgan fingerprint density at radius 1 is 1.18 bits per heavy atom. The predicted molar refractivity (Wildman–Crippen MR) is 132 cm³/mol. The van der Waals surface area contributed by atoms with Gasteiger partial charge in [-0.2, -0.15) is 13.2 Å². The molecular formula is C24H23F3N4O6S. The summed E-state index contributed by atoms with van der Waals surface area (Å²) in [6.45, 7) is 3.51. The van der Waals surface area contributed by atoms with Gasteiger partial charge in [0.2, 0.25) is 5.88 Å². The van der Waals surface area contributed by atoms with Gasteiger partial charge < -0.3 is 19.7 Å². The van der Waals surface area contributed by atoms with Gasteiger partial charge >= 0.3 is 12.3 Å². The fourth-order valence-corrected chi connectivity index (χ4v) is 5.51. The number of likely N-dealkylation sites (tertiary alicyclic amines) is 1. The predicted octanol–water partition coefficient (Wildman–Crippen LogP) is 5.40. The van der Waals surface area contributed by atoms with E-state index in [1.165, 1.54) is 41.6 Å². The van der Waals surface area contributed by atoms with Crippen molar-refractivity contribution in [1.29, 1.82) is 0 Å². The van der Waals surface area contributed by atoms with E-state index in [2.05, 4.69) is 10.3 Å². The number of aromatic nitrogens is 1. The number of fused-ring (bicyclic) bond motifs is 1. The smallest absolute Gasteiger partial charge is 0.418 e. The largest absolute Gasteiger partial charge is 0.474 e. The lowest BCUT2D eigenvalue weighted by Crippen LogP contribution is -2.53. The number of nitrogens with one attached hydrogen (secondary N) is 1. The molecule has 1 aliphatic rings. The molecule has 14 heteroatoms. The van der Waals surface area contributed by atoms with Crippen molar-refractivity contribution in [1.82, 2.24) is 15.2 Å². The van der Waals surface area contributed by atoms with E-state index in [0.717, 1.165) is 17.4 Å². The standard InChI is InChI=1S/C24H23F3N4O6S/c1-12-8-16(9-13(2)30(12)23(33)37-15-6-4-14(5-7-15)31(34)35)36-19-10-18(24(25,26)27)21-20(29-19)17(11-38-21)22(32)28-3/h4-7,10-13,16H,8-9H2,1-3H3,(H,28,32). The third-order valence-corrected chi connectivity index (χ3v) is 7.19. The zero-order chi connectivity index (χ0) is 27.8. The van der Waals surface area contributed by atoms with Crippen LogP contribution in [0, 0.1) is 10.1 Å². The van der Waals surface area contributed by atoms with E-state index in [9.17, 15) is 32.9 Å². The van der Waals surface area contributed by atoms with Gasteiger partial charge in [0.15, 0.2) is 0 Å². The minimum Gasteiger partial charge on any atom is -0.474 e. The maximum atomic E-state index is 13.8. The molecule has 0 radical (unpaired) electrons. The molecule has 1 aromatic carbocycles. The highest BCUT2D eigenvalue weighted by Crippen LogP contribution is 2.40. The summed E-state index contributed by atoms with van der Waals surface area (Å²) in [5.41, 5.74) is -1.16. The first-order chi connectivity index (χ1) is 17.9. The molecule has 2 atom stereocenters. The van der Waals surface area contributed by atoms with Crippen LogP contribution in [0.15, 0.2) is 35.7 Å². The Morgan fingerprint density at radius 2 is 1.82 bits per heavy atom. The molecule has 1 fully saturated rings. The van der Waals surface area contributed by atoms with Gasteiger partial charge in [-0.05, 0) is 26.0 Å². The Bertz CT molecular complexity index is 1370. The summed E-state index contributed by atoms with van der Waals surface area (Å²) < 4.78 is 52.5. The van der Waals surface area contributed by atoms with E-state index in [1.54, 1.807) is 13.8 Å². The van der Waals surface area contributed by atoms with Gasteiger partial charge in [-0.25, -0.2) is 9.78 Å². The number of carbonyl (C=O) groups is 2. The molecule has 1 aliphatic heterocycles. The molecule has 10 nitrogen and oxygen atoms in total. The molecular weight excluding hydrogens is 529 g/mol. The van der Waals surface area contributed by atoms with Crippen LogP contribution < -0.4 is 14.8 Å². The van der Waals surface area contributed by atoms with E-state index >= 15 is 0 Å². The highest BCUT2D eigenvalue weighted by Gasteiger charge is 2.38. The summed E-state index contributed by atoms with van der Waals surface area (Å²) >= 11 is 0.783. The number of nitro benzene ring substituents is 1. The number of ether oxygens (including phenoxy) is 2. The molecule has 1 N–H and O–H groups in total. The number of rotatable bonds is 5. The van der Waals surface area contributed by atoms with Crippen LogP contribution in [0.3, 0.4) is 0 Å². The van der Waals surface area contributed by atoms with E-state index in [1.807, 2.05) is 0 Å². The van der Waals surface area contributed by atoms with E-state index in [-0.39, 0.29) is 45.9 Å². The maximum absolute atomic E-state index is 13.8. The third kappa shape index (κ3) is 5.49. The van der Waals surface area contributed by atoms with Crippen molar-refractivity contribution in [2.75, 3.05) is 7.05 Å². The zero-order valence-corrected chi connectivity index (χ0v) is 21.3. The lowest BCUT2D eigenvalue weighted by atomic mass is 9.95. The summed E-state index contributed by atoms with van der Waals surface area (Å²) in [4.78, 5) is 41.0. The van der Waals surface area contributed by atoms with Crippen molar-refractivity contribution in [2.24, 2.45) is 0 Å². The average molecular weight is 553 g/mol. The topological polar surface area (TPSA) is 124 Å². The number of non-ortho nitro benzene ring substituents is 1. The quantitative estimate of drug-likeness (QED) is 0.332. The highest BCUT2D eigenvalue weighted by atomic mass is 32.1. The Kier molecular flexibility index (Phi) is 7.44. The Labute approximate surface area is 218 Å². The number of carbonyl (C=O) groups excluding carboxylic acids is 2. The summed E-state index contributed by atoms with van der Waals surface area (Å²) in [6.07, 6.45) is -5.34. The van der Waals surface area contributed by atoms with Crippen molar-refractivity contribution in [3.8, 4) is 11.6 Å². The van der Waals surface area contributed by atoms with Gasteiger partial charge in [0.05, 0.1) is 26.3 Å². The lowest BCUT2D eigenvalue weighted by Gasteiger charge is -2.41. The van der Waals surface area contributed by atoms with Gasteiger partial charge in [0.1, 0.15) is 11.9 Å². The van der Waals surface area contributed by atoms with Crippen LogP contribution in [0.2, 0.25) is 0 Å². The first-order valence-electron chi connectivity index (χ1n) is 11.5. The van der Waals surface area contributed by atoms with Crippen molar-refractivity contribution in [3.63, 3.8) is 0 Å². The monoisotopic (exact) mass is 552 g/mol. The van der Waals surface area contributed by atoms with Crippen molar-refractivity contribution in [3.05, 3.63) is 57.0 Å². The SMILES string of the molecule is CNC(=O)c1csc2c(C(F)(F)F)cc(OC3CC(C)N(C(=O)Oc4ccc([N+](=O)[O-])cc4)C(C)C3)nc12. The highest BCUT2D eigenvalue weighted by molar-refractivity contribution is 7.17. The second-order valence-corrected chi connectivity index (χ2v) is 9.73. The number of thiophene rings is 1. The number of hydrogen-bond acceptors (Lipinski definition) is 8. The fraction of sp³-hybridized carbons (Fsp3) is 0.375. The van der Waals surface area contributed by atoms with Crippen LogP contribution in [0.25, 0.3) is 10.2 Å². The van der Waals surface area contributed by atoms with Gasteiger partial charge in [-0.1, -0.05) is 0 Å². The van der Waals surface area contributed by atoms with Crippen LogP contribution in [0.1, 0.15) is 42.6 Å². The van der Waals surface area contributed by atoms with Gasteiger partial charge in [0.25, 0.3) is 11.6 Å². The molecule has 1 saturated heterocycles. The summed E-state index contributed by atoms with van der Waals surface area (Å²) in [6, 6.07) is 5.11. The van der Waals surface area contributed by atoms with Crippen molar-refractivity contribution in [2.45, 2.75) is 51.1 Å². The fourth-order valence-electron chi connectivity index (χ4n) is 4.49.